The maximum atomic E-state index is 13.6. The third-order valence-electron chi connectivity index (χ3n) is 4.98. The zero-order valence-electron chi connectivity index (χ0n) is 18.1. The van der Waals surface area contributed by atoms with Crippen LogP contribution in [0.5, 0.6) is 0 Å². The Morgan fingerprint density at radius 2 is 1.88 bits per heavy atom. The number of hydrogen-bond donors (Lipinski definition) is 3. The Balaban J connectivity index is 1.72. The van der Waals surface area contributed by atoms with E-state index in [1.54, 1.807) is 19.3 Å². The lowest BCUT2D eigenvalue weighted by atomic mass is 10.1. The highest BCUT2D eigenvalue weighted by Crippen LogP contribution is 2.35. The SMILES string of the molecule is CNc1nc(SC)ncc1CNc1cc(Cl)c2ncc(C#N)c(Nc3ccc(F)c(Cl)c3)c2c1. The summed E-state index contributed by atoms with van der Waals surface area (Å²) in [4.78, 5) is 13.2. The second-order valence-electron chi connectivity index (χ2n) is 7.10. The first-order chi connectivity index (χ1) is 16.4. The van der Waals surface area contributed by atoms with Gasteiger partial charge in [0.25, 0.3) is 0 Å². The monoisotopic (exact) mass is 513 g/mol. The number of anilines is 4. The number of thioether (sulfide) groups is 1. The minimum absolute atomic E-state index is 0.0303. The molecule has 4 aromatic rings. The molecule has 2 heterocycles. The minimum Gasteiger partial charge on any atom is -0.381 e. The molecule has 11 heteroatoms. The summed E-state index contributed by atoms with van der Waals surface area (Å²) in [5, 5.41) is 20.9. The highest BCUT2D eigenvalue weighted by Gasteiger charge is 2.14. The van der Waals surface area contributed by atoms with E-state index in [1.807, 2.05) is 12.3 Å². The van der Waals surface area contributed by atoms with Crippen LogP contribution in [0.3, 0.4) is 0 Å². The van der Waals surface area contributed by atoms with E-state index in [-0.39, 0.29) is 5.02 Å². The van der Waals surface area contributed by atoms with Crippen molar-refractivity contribution in [2.24, 2.45) is 0 Å². The van der Waals surface area contributed by atoms with Gasteiger partial charge in [-0.2, -0.15) is 5.26 Å². The number of benzene rings is 2. The molecule has 0 radical (unpaired) electrons. The Kier molecular flexibility index (Phi) is 7.22. The van der Waals surface area contributed by atoms with Crippen LogP contribution in [0.15, 0.2) is 47.9 Å². The number of fused-ring (bicyclic) bond motifs is 1. The molecule has 0 aliphatic heterocycles. The van der Waals surface area contributed by atoms with Crippen molar-refractivity contribution in [1.82, 2.24) is 15.0 Å². The normalized spacial score (nSPS) is 10.7. The lowest BCUT2D eigenvalue weighted by molar-refractivity contribution is 0.628. The average molecular weight is 514 g/mol. The maximum absolute atomic E-state index is 13.6. The molecule has 0 aliphatic rings. The van der Waals surface area contributed by atoms with E-state index in [2.05, 4.69) is 37.0 Å². The van der Waals surface area contributed by atoms with Gasteiger partial charge in [-0.1, -0.05) is 35.0 Å². The molecule has 0 saturated heterocycles. The van der Waals surface area contributed by atoms with Crippen LogP contribution in [0, 0.1) is 17.1 Å². The van der Waals surface area contributed by atoms with Crippen LogP contribution in [0.25, 0.3) is 10.9 Å². The molecular weight excluding hydrogens is 496 g/mol. The van der Waals surface area contributed by atoms with Crippen molar-refractivity contribution in [3.05, 3.63) is 69.7 Å². The fourth-order valence-corrected chi connectivity index (χ4v) is 4.12. The van der Waals surface area contributed by atoms with Gasteiger partial charge in [0.1, 0.15) is 17.7 Å². The largest absolute Gasteiger partial charge is 0.381 e. The molecule has 4 rings (SSSR count). The Morgan fingerprint density at radius 3 is 2.59 bits per heavy atom. The predicted octanol–water partition coefficient (Wildman–Crippen LogP) is 6.46. The van der Waals surface area contributed by atoms with Gasteiger partial charge in [-0.05, 0) is 36.6 Å². The van der Waals surface area contributed by atoms with Crippen molar-refractivity contribution < 1.29 is 4.39 Å². The summed E-state index contributed by atoms with van der Waals surface area (Å²) in [5.41, 5.74) is 3.43. The van der Waals surface area contributed by atoms with Gasteiger partial charge in [0.15, 0.2) is 5.16 Å². The quantitative estimate of drug-likeness (QED) is 0.191. The fourth-order valence-electron chi connectivity index (χ4n) is 3.33. The lowest BCUT2D eigenvalue weighted by Gasteiger charge is -2.15. The number of nitrogens with one attached hydrogen (secondary N) is 3. The van der Waals surface area contributed by atoms with E-state index in [0.717, 1.165) is 11.4 Å². The van der Waals surface area contributed by atoms with Crippen molar-refractivity contribution in [3.8, 4) is 6.07 Å². The molecule has 0 fully saturated rings. The average Bonchev–Trinajstić information content (AvgIpc) is 2.85. The van der Waals surface area contributed by atoms with E-state index in [4.69, 9.17) is 23.2 Å². The Hall–Kier alpha value is -3.32. The first-order valence-corrected chi connectivity index (χ1v) is 12.0. The summed E-state index contributed by atoms with van der Waals surface area (Å²) in [7, 11) is 1.80. The summed E-state index contributed by atoms with van der Waals surface area (Å²) in [6.07, 6.45) is 5.12. The summed E-state index contributed by atoms with van der Waals surface area (Å²) in [6, 6.07) is 9.98. The van der Waals surface area contributed by atoms with Gasteiger partial charge >= 0.3 is 0 Å². The molecule has 0 aliphatic carbocycles. The van der Waals surface area contributed by atoms with Crippen LogP contribution in [0.4, 0.5) is 27.3 Å². The summed E-state index contributed by atoms with van der Waals surface area (Å²) < 4.78 is 13.6. The molecular formula is C23H18Cl2FN7S. The van der Waals surface area contributed by atoms with Crippen LogP contribution in [0.1, 0.15) is 11.1 Å². The third kappa shape index (κ3) is 4.94. The van der Waals surface area contributed by atoms with E-state index in [1.165, 1.54) is 36.2 Å². The molecule has 0 unspecified atom stereocenters. The third-order valence-corrected chi connectivity index (χ3v) is 6.12. The van der Waals surface area contributed by atoms with Crippen molar-refractivity contribution in [1.29, 1.82) is 5.26 Å². The Bertz CT molecular complexity index is 1430. The number of nitrogens with zero attached hydrogens (tertiary/aromatic N) is 4. The molecule has 2 aromatic heterocycles. The zero-order valence-corrected chi connectivity index (χ0v) is 20.4. The number of pyridine rings is 1. The highest BCUT2D eigenvalue weighted by atomic mass is 35.5. The van der Waals surface area contributed by atoms with Crippen LogP contribution in [-0.4, -0.2) is 28.3 Å². The predicted molar refractivity (Wildman–Crippen MR) is 137 cm³/mol. The topological polar surface area (TPSA) is 98.6 Å². The second-order valence-corrected chi connectivity index (χ2v) is 8.69. The van der Waals surface area contributed by atoms with Crippen molar-refractivity contribution in [2.45, 2.75) is 11.7 Å². The number of aromatic nitrogens is 3. The van der Waals surface area contributed by atoms with Gasteiger partial charge in [-0.25, -0.2) is 14.4 Å². The molecule has 0 spiro atoms. The minimum atomic E-state index is -0.530. The van der Waals surface area contributed by atoms with Crippen molar-refractivity contribution >= 4 is 68.7 Å². The van der Waals surface area contributed by atoms with Crippen molar-refractivity contribution in [2.75, 3.05) is 29.3 Å². The van der Waals surface area contributed by atoms with Crippen LogP contribution in [-0.2, 0) is 6.54 Å². The number of halogens is 3. The first kappa shape index (κ1) is 23.8. The van der Waals surface area contributed by atoms with Gasteiger partial charge in [0.2, 0.25) is 0 Å². The number of nitriles is 1. The maximum Gasteiger partial charge on any atom is 0.189 e. The van der Waals surface area contributed by atoms with Crippen LogP contribution < -0.4 is 16.0 Å². The molecule has 7 nitrogen and oxygen atoms in total. The molecule has 3 N–H and O–H groups in total. The molecule has 2 aromatic carbocycles. The summed E-state index contributed by atoms with van der Waals surface area (Å²) in [6.45, 7) is 0.439. The van der Waals surface area contributed by atoms with Gasteiger partial charge in [0, 0.05) is 48.3 Å². The number of rotatable bonds is 7. The van der Waals surface area contributed by atoms with E-state index in [0.29, 0.717) is 50.3 Å². The summed E-state index contributed by atoms with van der Waals surface area (Å²) >= 11 is 13.9. The van der Waals surface area contributed by atoms with Gasteiger partial charge < -0.3 is 16.0 Å². The Morgan fingerprint density at radius 1 is 1.09 bits per heavy atom. The zero-order chi connectivity index (χ0) is 24.2. The van der Waals surface area contributed by atoms with Gasteiger partial charge in [0.05, 0.1) is 26.8 Å². The van der Waals surface area contributed by atoms with E-state index < -0.39 is 5.82 Å². The Labute approximate surface area is 209 Å². The number of hydrogen-bond acceptors (Lipinski definition) is 8. The molecule has 0 amide bonds. The molecule has 0 bridgehead atoms. The van der Waals surface area contributed by atoms with Crippen LogP contribution in [0.2, 0.25) is 10.0 Å². The lowest BCUT2D eigenvalue weighted by Crippen LogP contribution is -2.07. The molecule has 0 atom stereocenters. The molecule has 172 valence electrons. The molecule has 34 heavy (non-hydrogen) atoms. The smallest absolute Gasteiger partial charge is 0.189 e. The van der Waals surface area contributed by atoms with Gasteiger partial charge in [-0.3, -0.25) is 4.98 Å². The van der Waals surface area contributed by atoms with Crippen molar-refractivity contribution in [3.63, 3.8) is 0 Å². The van der Waals surface area contributed by atoms with Gasteiger partial charge in [-0.15, -0.1) is 0 Å². The summed E-state index contributed by atoms with van der Waals surface area (Å²) in [5.74, 6) is 0.194. The molecule has 0 saturated carbocycles. The fraction of sp³-hybridized carbons (Fsp3) is 0.130. The van der Waals surface area contributed by atoms with E-state index in [9.17, 15) is 9.65 Å². The standard InChI is InChI=1S/C23H18Cl2FN7S/c1-28-22-13(11-31-23(33-22)34-2)10-29-15-5-16-20(32-14-3-4-19(26)17(24)6-14)12(8-27)9-30-21(16)18(25)7-15/h3-7,9,11,29H,10H2,1-2H3,(H,30,32)(H,28,31,33). The first-order valence-electron chi connectivity index (χ1n) is 9.99. The second kappa shape index (κ2) is 10.3. The van der Waals surface area contributed by atoms with E-state index >= 15 is 0 Å². The highest BCUT2D eigenvalue weighted by molar-refractivity contribution is 7.98. The van der Waals surface area contributed by atoms with Crippen LogP contribution >= 0.6 is 35.0 Å².